The summed E-state index contributed by atoms with van der Waals surface area (Å²) >= 11 is 3.25. The quantitative estimate of drug-likeness (QED) is 0.877. The van der Waals surface area contributed by atoms with E-state index in [2.05, 4.69) is 15.9 Å². The van der Waals surface area contributed by atoms with Crippen LogP contribution in [0, 0.1) is 0 Å². The molecule has 0 aliphatic rings. The third-order valence-electron chi connectivity index (χ3n) is 2.49. The molecule has 0 aliphatic carbocycles. The van der Waals surface area contributed by atoms with Crippen LogP contribution in [0.25, 0.3) is 0 Å². The summed E-state index contributed by atoms with van der Waals surface area (Å²) in [5.41, 5.74) is 0.494. The Balaban J connectivity index is 2.66. The van der Waals surface area contributed by atoms with Crippen LogP contribution >= 0.6 is 15.9 Å². The number of halogens is 4. The fraction of sp³-hybridized carbons (Fsp3) is 0.500. The molecule has 0 heterocycles. The van der Waals surface area contributed by atoms with Crippen molar-refractivity contribution < 1.29 is 23.0 Å². The smallest absolute Gasteiger partial charge is 0.389 e. The van der Waals surface area contributed by atoms with Crippen molar-refractivity contribution in [3.8, 4) is 5.75 Å². The van der Waals surface area contributed by atoms with Crippen LogP contribution in [-0.4, -0.2) is 18.4 Å². The lowest BCUT2D eigenvalue weighted by atomic mass is 10.0. The fourth-order valence-electron chi connectivity index (χ4n) is 1.62. The van der Waals surface area contributed by atoms with Gasteiger partial charge in [0.1, 0.15) is 5.75 Å². The topological polar surface area (TPSA) is 29.5 Å². The van der Waals surface area contributed by atoms with E-state index >= 15 is 0 Å². The summed E-state index contributed by atoms with van der Waals surface area (Å²) in [6.07, 6.45) is -6.09. The van der Waals surface area contributed by atoms with E-state index in [0.717, 1.165) is 4.47 Å². The number of ether oxygens (including phenoxy) is 1. The first kappa shape index (κ1) is 15.3. The number of aliphatic hydroxyl groups excluding tert-OH is 1. The minimum absolute atomic E-state index is 0.0479. The second-order valence-electron chi connectivity index (χ2n) is 3.91. The van der Waals surface area contributed by atoms with Crippen molar-refractivity contribution in [2.45, 2.75) is 31.5 Å². The molecule has 0 radical (unpaired) electrons. The van der Waals surface area contributed by atoms with Crippen LogP contribution in [0.1, 0.15) is 30.9 Å². The Morgan fingerprint density at radius 2 is 2.06 bits per heavy atom. The van der Waals surface area contributed by atoms with Gasteiger partial charge in [0, 0.05) is 16.5 Å². The Labute approximate surface area is 112 Å². The van der Waals surface area contributed by atoms with Gasteiger partial charge in [0.2, 0.25) is 0 Å². The maximum Gasteiger partial charge on any atom is 0.389 e. The van der Waals surface area contributed by atoms with Gasteiger partial charge in [-0.05, 0) is 31.0 Å². The highest BCUT2D eigenvalue weighted by Crippen LogP contribution is 2.32. The largest absolute Gasteiger partial charge is 0.496 e. The Kier molecular flexibility index (Phi) is 5.47. The van der Waals surface area contributed by atoms with Gasteiger partial charge in [0.15, 0.2) is 0 Å². The maximum atomic E-state index is 12.0. The van der Waals surface area contributed by atoms with Crippen molar-refractivity contribution in [3.05, 3.63) is 28.2 Å². The van der Waals surface area contributed by atoms with Crippen LogP contribution < -0.4 is 4.74 Å². The number of methoxy groups -OCH3 is 1. The summed E-state index contributed by atoms with van der Waals surface area (Å²) in [6, 6.07) is 5.05. The Morgan fingerprint density at radius 3 is 2.61 bits per heavy atom. The SMILES string of the molecule is COc1ccc(Br)cc1C(O)CCCC(F)(F)F. The molecule has 0 saturated heterocycles. The van der Waals surface area contributed by atoms with E-state index < -0.39 is 18.7 Å². The van der Waals surface area contributed by atoms with Crippen LogP contribution in [0.5, 0.6) is 5.75 Å². The molecule has 1 aromatic carbocycles. The van der Waals surface area contributed by atoms with Crippen LogP contribution in [0.3, 0.4) is 0 Å². The predicted octanol–water partition coefficient (Wildman–Crippen LogP) is 4.22. The zero-order chi connectivity index (χ0) is 13.8. The van der Waals surface area contributed by atoms with Gasteiger partial charge in [-0.3, -0.25) is 0 Å². The first-order valence-electron chi connectivity index (χ1n) is 5.42. The standard InChI is InChI=1S/C12H14BrF3O2/c1-18-11-5-4-8(13)7-9(11)10(17)3-2-6-12(14,15)16/h4-5,7,10,17H,2-3,6H2,1H3. The molecule has 0 amide bonds. The Hall–Kier alpha value is -0.750. The molecular formula is C12H14BrF3O2. The molecule has 6 heteroatoms. The number of benzene rings is 1. The highest BCUT2D eigenvalue weighted by molar-refractivity contribution is 9.10. The van der Waals surface area contributed by atoms with E-state index in [-0.39, 0.29) is 12.8 Å². The number of alkyl halides is 3. The molecule has 0 spiro atoms. The third-order valence-corrected chi connectivity index (χ3v) is 2.98. The van der Waals surface area contributed by atoms with Gasteiger partial charge in [0.25, 0.3) is 0 Å². The lowest BCUT2D eigenvalue weighted by molar-refractivity contribution is -0.136. The minimum Gasteiger partial charge on any atom is -0.496 e. The molecule has 0 aromatic heterocycles. The average Bonchev–Trinajstić information content (AvgIpc) is 2.27. The number of hydrogen-bond acceptors (Lipinski definition) is 2. The van der Waals surface area contributed by atoms with Gasteiger partial charge in [-0.25, -0.2) is 0 Å². The highest BCUT2D eigenvalue weighted by atomic mass is 79.9. The summed E-state index contributed by atoms with van der Waals surface area (Å²) in [6.45, 7) is 0. The average molecular weight is 327 g/mol. The molecular weight excluding hydrogens is 313 g/mol. The van der Waals surface area contributed by atoms with Gasteiger partial charge < -0.3 is 9.84 Å². The minimum atomic E-state index is -4.18. The van der Waals surface area contributed by atoms with E-state index in [0.29, 0.717) is 11.3 Å². The van der Waals surface area contributed by atoms with Gasteiger partial charge in [0.05, 0.1) is 13.2 Å². The number of hydrogen-bond donors (Lipinski definition) is 1. The van der Waals surface area contributed by atoms with Gasteiger partial charge >= 0.3 is 6.18 Å². The first-order valence-corrected chi connectivity index (χ1v) is 6.21. The van der Waals surface area contributed by atoms with E-state index in [9.17, 15) is 18.3 Å². The third kappa shape index (κ3) is 4.86. The summed E-state index contributed by atoms with van der Waals surface area (Å²) in [4.78, 5) is 0. The normalized spacial score (nSPS) is 13.4. The lowest BCUT2D eigenvalue weighted by Gasteiger charge is -2.15. The predicted molar refractivity (Wildman–Crippen MR) is 65.6 cm³/mol. The molecule has 18 heavy (non-hydrogen) atoms. The molecule has 1 unspecified atom stereocenters. The number of aliphatic hydroxyl groups is 1. The second-order valence-corrected chi connectivity index (χ2v) is 4.83. The van der Waals surface area contributed by atoms with Crippen molar-refractivity contribution in [3.63, 3.8) is 0 Å². The molecule has 1 rings (SSSR count). The van der Waals surface area contributed by atoms with E-state index in [1.165, 1.54) is 7.11 Å². The monoisotopic (exact) mass is 326 g/mol. The molecule has 2 nitrogen and oxygen atoms in total. The summed E-state index contributed by atoms with van der Waals surface area (Å²) in [5, 5.41) is 9.89. The zero-order valence-corrected chi connectivity index (χ0v) is 11.4. The van der Waals surface area contributed by atoms with Crippen LogP contribution in [0.15, 0.2) is 22.7 Å². The first-order chi connectivity index (χ1) is 8.33. The summed E-state index contributed by atoms with van der Waals surface area (Å²) < 4.78 is 41.8. The molecule has 0 fully saturated rings. The van der Waals surface area contributed by atoms with Crippen molar-refractivity contribution in [2.75, 3.05) is 7.11 Å². The van der Waals surface area contributed by atoms with Crippen LogP contribution in [0.4, 0.5) is 13.2 Å². The van der Waals surface area contributed by atoms with Crippen molar-refractivity contribution in [1.29, 1.82) is 0 Å². The van der Waals surface area contributed by atoms with Gasteiger partial charge in [-0.2, -0.15) is 13.2 Å². The zero-order valence-electron chi connectivity index (χ0n) is 9.80. The molecule has 1 aromatic rings. The molecule has 0 aliphatic heterocycles. The molecule has 102 valence electrons. The van der Waals surface area contributed by atoms with E-state index in [4.69, 9.17) is 4.74 Å². The van der Waals surface area contributed by atoms with Crippen molar-refractivity contribution >= 4 is 15.9 Å². The van der Waals surface area contributed by atoms with E-state index in [1.54, 1.807) is 18.2 Å². The summed E-state index contributed by atoms with van der Waals surface area (Å²) in [7, 11) is 1.45. The molecule has 0 saturated carbocycles. The van der Waals surface area contributed by atoms with Crippen LogP contribution in [-0.2, 0) is 0 Å². The van der Waals surface area contributed by atoms with Gasteiger partial charge in [-0.15, -0.1) is 0 Å². The van der Waals surface area contributed by atoms with Crippen molar-refractivity contribution in [1.82, 2.24) is 0 Å². The lowest BCUT2D eigenvalue weighted by Crippen LogP contribution is -2.08. The second kappa shape index (κ2) is 6.43. The van der Waals surface area contributed by atoms with E-state index in [1.807, 2.05) is 0 Å². The number of rotatable bonds is 5. The maximum absolute atomic E-state index is 12.0. The van der Waals surface area contributed by atoms with Crippen LogP contribution in [0.2, 0.25) is 0 Å². The molecule has 0 bridgehead atoms. The Morgan fingerprint density at radius 1 is 1.39 bits per heavy atom. The summed E-state index contributed by atoms with van der Waals surface area (Å²) in [5.74, 6) is 0.470. The van der Waals surface area contributed by atoms with Gasteiger partial charge in [-0.1, -0.05) is 15.9 Å². The van der Waals surface area contributed by atoms with Crippen molar-refractivity contribution in [2.24, 2.45) is 0 Å². The molecule has 1 N–H and O–H groups in total. The fourth-order valence-corrected chi connectivity index (χ4v) is 2.00. The highest BCUT2D eigenvalue weighted by Gasteiger charge is 2.27. The Bertz CT molecular complexity index is 393. The molecule has 1 atom stereocenters.